The second-order valence-corrected chi connectivity index (χ2v) is 8.89. The second kappa shape index (κ2) is 14.3. The minimum atomic E-state index is -4.45. The molecule has 0 bridgehead atoms. The van der Waals surface area contributed by atoms with E-state index in [1.54, 1.807) is 13.8 Å². The Kier molecular flexibility index (Phi) is 11.4. The van der Waals surface area contributed by atoms with Crippen LogP contribution in [0, 0.1) is 5.92 Å². The van der Waals surface area contributed by atoms with Gasteiger partial charge < -0.3 is 23.8 Å². The largest absolute Gasteiger partial charge is 0.486 e. The van der Waals surface area contributed by atoms with E-state index < -0.39 is 48.6 Å². The van der Waals surface area contributed by atoms with Gasteiger partial charge in [0.15, 0.2) is 6.61 Å². The summed E-state index contributed by atoms with van der Waals surface area (Å²) in [6.45, 7) is 4.26. The second-order valence-electron chi connectivity index (χ2n) is 8.89. The van der Waals surface area contributed by atoms with Crippen molar-refractivity contribution in [2.75, 3.05) is 26.8 Å². The molecule has 2 atom stereocenters. The fraction of sp³-hybridized carbons (Fsp3) is 0.444. The van der Waals surface area contributed by atoms with Crippen LogP contribution in [0.25, 0.3) is 0 Å². The van der Waals surface area contributed by atoms with E-state index in [4.69, 9.17) is 18.9 Å². The average molecular weight is 540 g/mol. The van der Waals surface area contributed by atoms with Crippen molar-refractivity contribution in [1.29, 1.82) is 0 Å². The first-order valence-electron chi connectivity index (χ1n) is 12.0. The van der Waals surface area contributed by atoms with E-state index in [0.29, 0.717) is 6.42 Å². The van der Waals surface area contributed by atoms with Crippen molar-refractivity contribution >= 4 is 18.0 Å². The number of hydrogen-bond acceptors (Lipinski definition) is 7. The third-order valence-electron chi connectivity index (χ3n) is 5.25. The van der Waals surface area contributed by atoms with Crippen molar-refractivity contribution in [3.8, 4) is 5.75 Å². The number of esters is 2. The van der Waals surface area contributed by atoms with Gasteiger partial charge in [0.1, 0.15) is 24.6 Å². The molecule has 0 radical (unpaired) electrons. The zero-order chi connectivity index (χ0) is 28.3. The van der Waals surface area contributed by atoms with Crippen LogP contribution < -0.4 is 4.74 Å². The minimum absolute atomic E-state index is 0.207. The number of carbonyl (C=O) groups excluding carboxylic acids is 3. The lowest BCUT2D eigenvalue weighted by atomic mass is 10.1. The van der Waals surface area contributed by atoms with E-state index in [0.717, 1.165) is 17.7 Å². The van der Waals surface area contributed by atoms with Gasteiger partial charge in [-0.05, 0) is 36.8 Å². The molecular weight excluding hydrogens is 507 g/mol. The first kappa shape index (κ1) is 30.5. The molecule has 0 aromatic heterocycles. The highest BCUT2D eigenvalue weighted by Crippen LogP contribution is 2.32. The summed E-state index contributed by atoms with van der Waals surface area (Å²) in [6, 6.07) is 13.5. The van der Waals surface area contributed by atoms with Gasteiger partial charge in [-0.2, -0.15) is 13.2 Å². The summed E-state index contributed by atoms with van der Waals surface area (Å²) in [5.41, 5.74) is 0.00735. The van der Waals surface area contributed by atoms with Crippen molar-refractivity contribution in [3.05, 3.63) is 65.7 Å². The van der Waals surface area contributed by atoms with Crippen LogP contribution in [0.5, 0.6) is 5.75 Å². The number of rotatable bonds is 12. The Bertz CT molecular complexity index is 1040. The number of halogens is 3. The van der Waals surface area contributed by atoms with Crippen LogP contribution in [0.4, 0.5) is 18.0 Å². The lowest BCUT2D eigenvalue weighted by Gasteiger charge is -2.24. The third-order valence-corrected chi connectivity index (χ3v) is 5.25. The highest BCUT2D eigenvalue weighted by atomic mass is 19.4. The van der Waals surface area contributed by atoms with Gasteiger partial charge in [-0.15, -0.1) is 0 Å². The van der Waals surface area contributed by atoms with Gasteiger partial charge in [-0.3, -0.25) is 4.79 Å². The van der Waals surface area contributed by atoms with E-state index in [-0.39, 0.29) is 24.8 Å². The lowest BCUT2D eigenvalue weighted by Crippen LogP contribution is -2.33. The number of nitrogens with zero attached hydrogens (tertiary/aromatic N) is 1. The number of ether oxygens (including phenoxy) is 4. The van der Waals surface area contributed by atoms with Crippen molar-refractivity contribution in [2.45, 2.75) is 45.6 Å². The Morgan fingerprint density at radius 2 is 1.55 bits per heavy atom. The number of hydrogen-bond donors (Lipinski definition) is 0. The Morgan fingerprint density at radius 1 is 0.921 bits per heavy atom. The molecule has 8 nitrogen and oxygen atoms in total. The van der Waals surface area contributed by atoms with Crippen molar-refractivity contribution in [3.63, 3.8) is 0 Å². The van der Waals surface area contributed by atoms with Gasteiger partial charge in [-0.1, -0.05) is 44.2 Å². The molecule has 38 heavy (non-hydrogen) atoms. The summed E-state index contributed by atoms with van der Waals surface area (Å²) in [5.74, 6) is -1.41. The van der Waals surface area contributed by atoms with Crippen molar-refractivity contribution < 1.29 is 46.5 Å². The highest BCUT2D eigenvalue weighted by molar-refractivity contribution is 5.77. The summed E-state index contributed by atoms with van der Waals surface area (Å²) in [6.07, 6.45) is -6.10. The van der Waals surface area contributed by atoms with E-state index in [2.05, 4.69) is 0 Å². The Morgan fingerprint density at radius 3 is 2.13 bits per heavy atom. The first-order chi connectivity index (χ1) is 17.9. The number of alkyl halides is 3. The zero-order valence-corrected chi connectivity index (χ0v) is 21.7. The fourth-order valence-corrected chi connectivity index (χ4v) is 3.14. The van der Waals surface area contributed by atoms with Crippen LogP contribution in [-0.4, -0.2) is 55.8 Å². The first-order valence-corrected chi connectivity index (χ1v) is 12.0. The topological polar surface area (TPSA) is 91.4 Å². The number of amides is 1. The van der Waals surface area contributed by atoms with Crippen LogP contribution in [0.3, 0.4) is 0 Å². The maximum atomic E-state index is 12.9. The average Bonchev–Trinajstić information content (AvgIpc) is 2.88. The maximum Gasteiger partial charge on any atom is 0.416 e. The van der Waals surface area contributed by atoms with Crippen molar-refractivity contribution in [2.24, 2.45) is 5.92 Å². The Hall–Kier alpha value is -3.76. The molecule has 2 aromatic carbocycles. The summed E-state index contributed by atoms with van der Waals surface area (Å²) in [5, 5.41) is 0. The molecule has 2 rings (SSSR count). The highest BCUT2D eigenvalue weighted by Gasteiger charge is 2.30. The molecule has 0 heterocycles. The SMILES string of the molecule is CC(COC(=O)N(C)CCC(Oc1ccc(C(F)(F)F)cc1)c1ccccc1)OC(=O)COC(=O)C(C)C. The van der Waals surface area contributed by atoms with Gasteiger partial charge in [-0.25, -0.2) is 9.59 Å². The molecule has 0 saturated carbocycles. The molecule has 1 amide bonds. The van der Waals surface area contributed by atoms with Gasteiger partial charge >= 0.3 is 24.2 Å². The summed E-state index contributed by atoms with van der Waals surface area (Å²) in [4.78, 5) is 36.9. The number of benzene rings is 2. The monoisotopic (exact) mass is 539 g/mol. The lowest BCUT2D eigenvalue weighted by molar-refractivity contribution is -0.164. The molecular formula is C27H32F3NO7. The molecule has 0 aliphatic heterocycles. The van der Waals surface area contributed by atoms with Gasteiger partial charge in [0, 0.05) is 20.0 Å². The van der Waals surface area contributed by atoms with Gasteiger partial charge in [0.2, 0.25) is 0 Å². The molecule has 11 heteroatoms. The summed E-state index contributed by atoms with van der Waals surface area (Å²) < 4.78 is 59.6. The standard InChI is InChI=1S/C27H32F3NO7/c1-18(2)25(33)35-17-24(32)37-19(3)16-36-26(34)31(4)15-14-23(20-8-6-5-7-9-20)38-22-12-10-21(11-13-22)27(28,29)30/h5-13,18-19,23H,14-17H2,1-4H3. The summed E-state index contributed by atoms with van der Waals surface area (Å²) in [7, 11) is 1.52. The van der Waals surface area contributed by atoms with Crippen LogP contribution in [-0.2, 0) is 30.0 Å². The molecule has 0 saturated heterocycles. The van der Waals surface area contributed by atoms with E-state index in [1.165, 1.54) is 31.0 Å². The van der Waals surface area contributed by atoms with E-state index in [9.17, 15) is 27.6 Å². The molecule has 0 spiro atoms. The fourth-order valence-electron chi connectivity index (χ4n) is 3.14. The van der Waals surface area contributed by atoms with Crippen molar-refractivity contribution in [1.82, 2.24) is 4.90 Å². The van der Waals surface area contributed by atoms with Crippen LogP contribution in [0.1, 0.15) is 44.4 Å². The molecule has 208 valence electrons. The Balaban J connectivity index is 1.87. The number of carbonyl (C=O) groups is 3. The molecule has 0 fully saturated rings. The molecule has 0 aliphatic rings. The zero-order valence-electron chi connectivity index (χ0n) is 21.7. The minimum Gasteiger partial charge on any atom is -0.486 e. The third kappa shape index (κ3) is 10.3. The predicted octanol–water partition coefficient (Wildman–Crippen LogP) is 5.41. The van der Waals surface area contributed by atoms with E-state index in [1.807, 2.05) is 30.3 Å². The van der Waals surface area contributed by atoms with Crippen LogP contribution in [0.15, 0.2) is 54.6 Å². The smallest absolute Gasteiger partial charge is 0.416 e. The predicted molar refractivity (Wildman–Crippen MR) is 131 cm³/mol. The molecule has 2 unspecified atom stereocenters. The van der Waals surface area contributed by atoms with E-state index >= 15 is 0 Å². The normalized spacial score (nSPS) is 12.8. The molecule has 2 aromatic rings. The molecule has 0 N–H and O–H groups in total. The quantitative estimate of drug-likeness (QED) is 0.263. The van der Waals surface area contributed by atoms with Crippen LogP contribution >= 0.6 is 0 Å². The van der Waals surface area contributed by atoms with Gasteiger partial charge in [0.25, 0.3) is 0 Å². The van der Waals surface area contributed by atoms with Crippen LogP contribution in [0.2, 0.25) is 0 Å². The molecule has 0 aliphatic carbocycles. The summed E-state index contributed by atoms with van der Waals surface area (Å²) >= 11 is 0. The maximum absolute atomic E-state index is 12.9. The van der Waals surface area contributed by atoms with Gasteiger partial charge in [0.05, 0.1) is 11.5 Å². The Labute approximate surface area is 219 Å².